The molecule has 0 saturated carbocycles. The number of hydrogen-bond donors (Lipinski definition) is 2. The van der Waals surface area contributed by atoms with Crippen LogP contribution >= 0.6 is 0 Å². The zero-order valence-corrected chi connectivity index (χ0v) is 8.35. The van der Waals surface area contributed by atoms with Crippen LogP contribution in [0.1, 0.15) is 0 Å². The maximum absolute atomic E-state index is 13.2. The van der Waals surface area contributed by atoms with Gasteiger partial charge >= 0.3 is 0 Å². The number of nitrogen functional groups attached to an aromatic ring is 2. The molecule has 2 rings (SSSR count). The Morgan fingerprint density at radius 2 is 1.81 bits per heavy atom. The highest BCUT2D eigenvalue weighted by Crippen LogP contribution is 2.24. The maximum atomic E-state index is 13.2. The Morgan fingerprint density at radius 3 is 2.50 bits per heavy atom. The van der Waals surface area contributed by atoms with Crippen LogP contribution in [0.4, 0.5) is 15.9 Å². The third-order valence-corrected chi connectivity index (χ3v) is 1.98. The van der Waals surface area contributed by atoms with Gasteiger partial charge in [-0.3, -0.25) is 0 Å². The third-order valence-electron chi connectivity index (χ3n) is 1.98. The van der Waals surface area contributed by atoms with Crippen LogP contribution < -0.4 is 16.2 Å². The first-order valence-corrected chi connectivity index (χ1v) is 4.61. The Balaban J connectivity index is 2.28. The van der Waals surface area contributed by atoms with Crippen LogP contribution in [0.25, 0.3) is 0 Å². The van der Waals surface area contributed by atoms with Gasteiger partial charge in [0.25, 0.3) is 0 Å². The van der Waals surface area contributed by atoms with Crippen LogP contribution in [-0.4, -0.2) is 4.98 Å². The van der Waals surface area contributed by atoms with Gasteiger partial charge in [-0.25, -0.2) is 4.39 Å². The van der Waals surface area contributed by atoms with Gasteiger partial charge in [0, 0.05) is 6.07 Å². The van der Waals surface area contributed by atoms with Gasteiger partial charge in [-0.1, -0.05) is 12.1 Å². The van der Waals surface area contributed by atoms with Crippen LogP contribution in [-0.2, 0) is 0 Å². The molecule has 2 aromatic rings. The molecule has 0 aliphatic rings. The molecule has 1 heterocycles. The number of para-hydroxylation sites is 1. The lowest BCUT2D eigenvalue weighted by Crippen LogP contribution is -1.99. The summed E-state index contributed by atoms with van der Waals surface area (Å²) in [6, 6.07) is 9.13. The summed E-state index contributed by atoms with van der Waals surface area (Å²) in [6.45, 7) is 0. The number of nitrogens with zero attached hydrogens (tertiary/aromatic N) is 1. The van der Waals surface area contributed by atoms with Crippen molar-refractivity contribution in [3.8, 4) is 11.6 Å². The molecule has 0 saturated heterocycles. The van der Waals surface area contributed by atoms with Gasteiger partial charge < -0.3 is 16.2 Å². The molecule has 5 heteroatoms. The van der Waals surface area contributed by atoms with Crippen LogP contribution in [0.3, 0.4) is 0 Å². The van der Waals surface area contributed by atoms with Gasteiger partial charge in [0.1, 0.15) is 0 Å². The fourth-order valence-electron chi connectivity index (χ4n) is 1.16. The average Bonchev–Trinajstić information content (AvgIpc) is 2.27. The monoisotopic (exact) mass is 219 g/mol. The molecule has 0 fully saturated rings. The van der Waals surface area contributed by atoms with E-state index in [1.165, 1.54) is 18.2 Å². The highest BCUT2D eigenvalue weighted by molar-refractivity contribution is 5.58. The Bertz CT molecular complexity index is 516. The Morgan fingerprint density at radius 1 is 1.06 bits per heavy atom. The van der Waals surface area contributed by atoms with E-state index >= 15 is 0 Å². The molecule has 0 radical (unpaired) electrons. The van der Waals surface area contributed by atoms with Crippen molar-refractivity contribution in [3.63, 3.8) is 0 Å². The topological polar surface area (TPSA) is 74.2 Å². The molecule has 1 aromatic carbocycles. The molecule has 0 amide bonds. The summed E-state index contributed by atoms with van der Waals surface area (Å²) in [7, 11) is 0. The fraction of sp³-hybridized carbons (Fsp3) is 0. The summed E-state index contributed by atoms with van der Waals surface area (Å²) in [4.78, 5) is 3.87. The maximum Gasteiger partial charge on any atom is 0.221 e. The minimum atomic E-state index is -0.459. The highest BCUT2D eigenvalue weighted by atomic mass is 19.1. The standard InChI is InChI=1S/C11H10FN3O/c12-7-3-1-2-4-9(7)16-10-6-5-8(13)11(14)15-10/h1-6H,13H2,(H2,14,15). The number of benzene rings is 1. The van der Waals surface area contributed by atoms with Gasteiger partial charge in [-0.2, -0.15) is 4.98 Å². The summed E-state index contributed by atoms with van der Waals surface area (Å²) >= 11 is 0. The van der Waals surface area contributed by atoms with E-state index in [0.29, 0.717) is 5.69 Å². The van der Waals surface area contributed by atoms with E-state index in [2.05, 4.69) is 4.98 Å². The lowest BCUT2D eigenvalue weighted by Gasteiger charge is -2.06. The zero-order chi connectivity index (χ0) is 11.5. The molecule has 0 aliphatic heterocycles. The molecular formula is C11H10FN3O. The van der Waals surface area contributed by atoms with E-state index in [-0.39, 0.29) is 17.4 Å². The SMILES string of the molecule is Nc1ccc(Oc2ccccc2F)nc1N. The van der Waals surface area contributed by atoms with E-state index in [1.54, 1.807) is 18.2 Å². The lowest BCUT2D eigenvalue weighted by atomic mass is 10.3. The van der Waals surface area contributed by atoms with Crippen LogP contribution in [0.2, 0.25) is 0 Å². The van der Waals surface area contributed by atoms with Crippen molar-refractivity contribution < 1.29 is 9.13 Å². The molecular weight excluding hydrogens is 209 g/mol. The third kappa shape index (κ3) is 2.03. The van der Waals surface area contributed by atoms with E-state index in [9.17, 15) is 4.39 Å². The molecule has 0 bridgehead atoms. The molecule has 4 N–H and O–H groups in total. The van der Waals surface area contributed by atoms with E-state index in [1.807, 2.05) is 0 Å². The molecule has 4 nitrogen and oxygen atoms in total. The van der Waals surface area contributed by atoms with Crippen molar-refractivity contribution in [2.45, 2.75) is 0 Å². The number of ether oxygens (including phenoxy) is 1. The predicted octanol–water partition coefficient (Wildman–Crippen LogP) is 2.18. The Kier molecular flexibility index (Phi) is 2.59. The summed E-state index contributed by atoms with van der Waals surface area (Å²) in [6.07, 6.45) is 0. The van der Waals surface area contributed by atoms with Crippen molar-refractivity contribution in [2.75, 3.05) is 11.5 Å². The summed E-state index contributed by atoms with van der Waals surface area (Å²) < 4.78 is 18.5. The molecule has 0 aliphatic carbocycles. The smallest absolute Gasteiger partial charge is 0.221 e. The number of anilines is 2. The quantitative estimate of drug-likeness (QED) is 0.811. The van der Waals surface area contributed by atoms with E-state index in [4.69, 9.17) is 16.2 Å². The van der Waals surface area contributed by atoms with Crippen molar-refractivity contribution >= 4 is 11.5 Å². The molecule has 16 heavy (non-hydrogen) atoms. The van der Waals surface area contributed by atoms with E-state index in [0.717, 1.165) is 0 Å². The largest absolute Gasteiger partial charge is 0.436 e. The number of rotatable bonds is 2. The highest BCUT2D eigenvalue weighted by Gasteiger charge is 2.05. The van der Waals surface area contributed by atoms with Gasteiger partial charge in [0.2, 0.25) is 5.88 Å². The fourth-order valence-corrected chi connectivity index (χ4v) is 1.16. The lowest BCUT2D eigenvalue weighted by molar-refractivity contribution is 0.428. The minimum Gasteiger partial charge on any atom is -0.436 e. The number of nitrogens with two attached hydrogens (primary N) is 2. The first-order chi connectivity index (χ1) is 7.66. The summed E-state index contributed by atoms with van der Waals surface area (Å²) in [5.74, 6) is 0.00417. The number of pyridine rings is 1. The molecule has 0 unspecified atom stereocenters. The van der Waals surface area contributed by atoms with Crippen molar-refractivity contribution in [1.82, 2.24) is 4.98 Å². The summed E-state index contributed by atoms with van der Waals surface area (Å²) in [5, 5.41) is 0. The van der Waals surface area contributed by atoms with Gasteiger partial charge in [0.05, 0.1) is 5.69 Å². The second kappa shape index (κ2) is 4.06. The van der Waals surface area contributed by atoms with E-state index < -0.39 is 5.82 Å². The molecule has 82 valence electrons. The number of aromatic nitrogens is 1. The Hall–Kier alpha value is -2.30. The number of halogens is 1. The average molecular weight is 219 g/mol. The first-order valence-electron chi connectivity index (χ1n) is 4.61. The van der Waals surface area contributed by atoms with Crippen LogP contribution in [0.5, 0.6) is 11.6 Å². The Labute approximate surface area is 91.7 Å². The van der Waals surface area contributed by atoms with Crippen LogP contribution in [0.15, 0.2) is 36.4 Å². The molecule has 0 atom stereocenters. The second-order valence-corrected chi connectivity index (χ2v) is 3.16. The summed E-state index contributed by atoms with van der Waals surface area (Å²) in [5.41, 5.74) is 11.4. The van der Waals surface area contributed by atoms with Gasteiger partial charge in [-0.15, -0.1) is 0 Å². The molecule has 0 spiro atoms. The van der Waals surface area contributed by atoms with Gasteiger partial charge in [0.15, 0.2) is 17.4 Å². The normalized spacial score (nSPS) is 10.1. The van der Waals surface area contributed by atoms with Gasteiger partial charge in [-0.05, 0) is 18.2 Å². The predicted molar refractivity (Wildman–Crippen MR) is 59.5 cm³/mol. The van der Waals surface area contributed by atoms with Crippen molar-refractivity contribution in [2.24, 2.45) is 0 Å². The molecule has 1 aromatic heterocycles. The van der Waals surface area contributed by atoms with Crippen LogP contribution in [0, 0.1) is 5.82 Å². The van der Waals surface area contributed by atoms with Crippen molar-refractivity contribution in [1.29, 1.82) is 0 Å². The zero-order valence-electron chi connectivity index (χ0n) is 8.35. The second-order valence-electron chi connectivity index (χ2n) is 3.16. The minimum absolute atomic E-state index is 0.0965. The van der Waals surface area contributed by atoms with Crippen molar-refractivity contribution in [3.05, 3.63) is 42.2 Å². The first kappa shape index (κ1) is 10.2. The number of hydrogen-bond acceptors (Lipinski definition) is 4.